The lowest BCUT2D eigenvalue weighted by Crippen LogP contribution is -2.60. The smallest absolute Gasteiger partial charge is 0.317 e. The molecule has 1 saturated carbocycles. The van der Waals surface area contributed by atoms with E-state index in [4.69, 9.17) is 0 Å². The van der Waals surface area contributed by atoms with Gasteiger partial charge < -0.3 is 10.2 Å². The number of carbonyl (C=O) groups is 1. The molecule has 2 fully saturated rings. The minimum atomic E-state index is 0.147. The van der Waals surface area contributed by atoms with Crippen molar-refractivity contribution in [3.05, 3.63) is 35.9 Å². The Morgan fingerprint density at radius 3 is 2.32 bits per heavy atom. The molecule has 1 saturated heterocycles. The Morgan fingerprint density at radius 2 is 1.68 bits per heavy atom. The molecule has 2 amide bonds. The van der Waals surface area contributed by atoms with Crippen LogP contribution >= 0.6 is 0 Å². The first-order valence-electron chi connectivity index (χ1n) is 9.98. The number of nitrogens with one attached hydrogen (secondary N) is 1. The van der Waals surface area contributed by atoms with Gasteiger partial charge in [-0.05, 0) is 38.7 Å². The Hall–Kier alpha value is -1.55. The van der Waals surface area contributed by atoms with E-state index >= 15 is 0 Å². The molecular weight excluding hydrogens is 310 g/mol. The van der Waals surface area contributed by atoms with Crippen molar-refractivity contribution < 1.29 is 4.79 Å². The van der Waals surface area contributed by atoms with Gasteiger partial charge in [0.15, 0.2) is 0 Å². The van der Waals surface area contributed by atoms with Gasteiger partial charge in [-0.2, -0.15) is 0 Å². The lowest BCUT2D eigenvalue weighted by molar-refractivity contribution is 0.0551. The van der Waals surface area contributed by atoms with Gasteiger partial charge in [0.25, 0.3) is 0 Å². The van der Waals surface area contributed by atoms with E-state index in [-0.39, 0.29) is 6.03 Å². The zero-order valence-corrected chi connectivity index (χ0v) is 15.8. The molecule has 1 heterocycles. The molecule has 0 spiro atoms. The van der Waals surface area contributed by atoms with Gasteiger partial charge in [0, 0.05) is 37.8 Å². The normalized spacial score (nSPS) is 25.8. The molecule has 1 aromatic rings. The minimum absolute atomic E-state index is 0.147. The van der Waals surface area contributed by atoms with Crippen molar-refractivity contribution in [3.63, 3.8) is 0 Å². The van der Waals surface area contributed by atoms with Gasteiger partial charge in [-0.15, -0.1) is 0 Å². The summed E-state index contributed by atoms with van der Waals surface area (Å²) in [5.41, 5.74) is 1.39. The molecule has 3 rings (SSSR count). The molecule has 2 aliphatic rings. The molecule has 1 aliphatic heterocycles. The maximum absolute atomic E-state index is 12.6. The monoisotopic (exact) mass is 343 g/mol. The Labute approximate surface area is 152 Å². The molecule has 1 N–H and O–H groups in total. The van der Waals surface area contributed by atoms with Gasteiger partial charge >= 0.3 is 6.03 Å². The van der Waals surface area contributed by atoms with Crippen molar-refractivity contribution in [3.8, 4) is 0 Å². The molecule has 1 aliphatic carbocycles. The van der Waals surface area contributed by atoms with Crippen LogP contribution < -0.4 is 5.32 Å². The first kappa shape index (κ1) is 18.2. The number of urea groups is 1. The SMILES string of the molecule is CC1CN(C(=O)NC2CCCCC2)CC(C)N1CCc1ccccc1. The van der Waals surface area contributed by atoms with Gasteiger partial charge in [0.05, 0.1) is 0 Å². The molecular formula is C21H33N3O. The van der Waals surface area contributed by atoms with Crippen molar-refractivity contribution in [2.45, 2.75) is 70.5 Å². The van der Waals surface area contributed by atoms with Crippen LogP contribution in [0.25, 0.3) is 0 Å². The topological polar surface area (TPSA) is 35.6 Å². The fourth-order valence-electron chi connectivity index (χ4n) is 4.38. The summed E-state index contributed by atoms with van der Waals surface area (Å²) in [4.78, 5) is 17.2. The maximum atomic E-state index is 12.6. The van der Waals surface area contributed by atoms with Crippen molar-refractivity contribution in [2.24, 2.45) is 0 Å². The predicted molar refractivity (Wildman–Crippen MR) is 103 cm³/mol. The highest BCUT2D eigenvalue weighted by Gasteiger charge is 2.32. The van der Waals surface area contributed by atoms with Crippen LogP contribution in [0.15, 0.2) is 30.3 Å². The number of benzene rings is 1. The van der Waals surface area contributed by atoms with E-state index in [1.165, 1.54) is 24.8 Å². The highest BCUT2D eigenvalue weighted by molar-refractivity contribution is 5.74. The summed E-state index contributed by atoms with van der Waals surface area (Å²) in [6, 6.07) is 12.0. The number of hydrogen-bond donors (Lipinski definition) is 1. The van der Waals surface area contributed by atoms with Crippen molar-refractivity contribution in [1.29, 1.82) is 0 Å². The van der Waals surface area contributed by atoms with Crippen molar-refractivity contribution in [1.82, 2.24) is 15.1 Å². The van der Waals surface area contributed by atoms with E-state index in [1.54, 1.807) is 0 Å². The van der Waals surface area contributed by atoms with Crippen LogP contribution in [0.3, 0.4) is 0 Å². The van der Waals surface area contributed by atoms with Crippen LogP contribution in [0, 0.1) is 0 Å². The first-order valence-corrected chi connectivity index (χ1v) is 9.98. The first-order chi connectivity index (χ1) is 12.1. The third-order valence-corrected chi connectivity index (χ3v) is 5.82. The highest BCUT2D eigenvalue weighted by atomic mass is 16.2. The molecule has 25 heavy (non-hydrogen) atoms. The average molecular weight is 344 g/mol. The lowest BCUT2D eigenvalue weighted by Gasteiger charge is -2.44. The maximum Gasteiger partial charge on any atom is 0.317 e. The van der Waals surface area contributed by atoms with Crippen molar-refractivity contribution in [2.75, 3.05) is 19.6 Å². The summed E-state index contributed by atoms with van der Waals surface area (Å²) in [6.07, 6.45) is 7.20. The predicted octanol–water partition coefficient (Wildman–Crippen LogP) is 3.67. The molecule has 2 unspecified atom stereocenters. The number of nitrogens with zero attached hydrogens (tertiary/aromatic N) is 2. The standard InChI is InChI=1S/C21H33N3O/c1-17-15-23(21(25)22-20-11-7-4-8-12-20)16-18(2)24(17)14-13-19-9-5-3-6-10-19/h3,5-6,9-10,17-18,20H,4,7-8,11-16H2,1-2H3,(H,22,25). The van der Waals surface area contributed by atoms with Crippen LogP contribution in [-0.2, 0) is 6.42 Å². The Kier molecular flexibility index (Phi) is 6.35. The van der Waals surface area contributed by atoms with E-state index in [0.29, 0.717) is 18.1 Å². The molecule has 0 bridgehead atoms. The van der Waals surface area contributed by atoms with Gasteiger partial charge in [-0.25, -0.2) is 4.79 Å². The Balaban J connectivity index is 1.49. The van der Waals surface area contributed by atoms with Crippen LogP contribution in [0.1, 0.15) is 51.5 Å². The second-order valence-electron chi connectivity index (χ2n) is 7.86. The third kappa shape index (κ3) is 4.97. The molecule has 4 nitrogen and oxygen atoms in total. The lowest BCUT2D eigenvalue weighted by atomic mass is 9.95. The van der Waals surface area contributed by atoms with E-state index in [1.807, 2.05) is 4.90 Å². The molecule has 1 aromatic carbocycles. The number of piperazine rings is 1. The molecule has 2 atom stereocenters. The van der Waals surface area contributed by atoms with Crippen LogP contribution in [0.4, 0.5) is 4.79 Å². The Bertz CT molecular complexity index is 529. The van der Waals surface area contributed by atoms with Gasteiger partial charge in [0.1, 0.15) is 0 Å². The van der Waals surface area contributed by atoms with Crippen molar-refractivity contribution >= 4 is 6.03 Å². The average Bonchev–Trinajstić information content (AvgIpc) is 2.62. The zero-order chi connectivity index (χ0) is 17.6. The highest BCUT2D eigenvalue weighted by Crippen LogP contribution is 2.20. The number of carbonyl (C=O) groups excluding carboxylic acids is 1. The summed E-state index contributed by atoms with van der Waals surface area (Å²) in [7, 11) is 0. The quantitative estimate of drug-likeness (QED) is 0.905. The van der Waals surface area contributed by atoms with E-state index in [2.05, 4.69) is 54.4 Å². The molecule has 0 radical (unpaired) electrons. The molecule has 138 valence electrons. The van der Waals surface area contributed by atoms with Gasteiger partial charge in [0.2, 0.25) is 0 Å². The summed E-state index contributed by atoms with van der Waals surface area (Å²) < 4.78 is 0. The number of amides is 2. The fourth-order valence-corrected chi connectivity index (χ4v) is 4.38. The van der Waals surface area contributed by atoms with Gasteiger partial charge in [-0.3, -0.25) is 4.90 Å². The molecule has 4 heteroatoms. The number of rotatable bonds is 4. The van der Waals surface area contributed by atoms with Crippen LogP contribution in [0.2, 0.25) is 0 Å². The number of hydrogen-bond acceptors (Lipinski definition) is 2. The summed E-state index contributed by atoms with van der Waals surface area (Å²) in [5, 5.41) is 3.27. The fraction of sp³-hybridized carbons (Fsp3) is 0.667. The Morgan fingerprint density at radius 1 is 1.04 bits per heavy atom. The molecule has 0 aromatic heterocycles. The summed E-state index contributed by atoms with van der Waals surface area (Å²) >= 11 is 0. The van der Waals surface area contributed by atoms with E-state index in [0.717, 1.165) is 38.9 Å². The van der Waals surface area contributed by atoms with E-state index < -0.39 is 0 Å². The summed E-state index contributed by atoms with van der Waals surface area (Å²) in [6.45, 7) is 7.23. The second-order valence-corrected chi connectivity index (χ2v) is 7.86. The minimum Gasteiger partial charge on any atom is -0.335 e. The zero-order valence-electron chi connectivity index (χ0n) is 15.8. The van der Waals surface area contributed by atoms with E-state index in [9.17, 15) is 4.79 Å². The largest absolute Gasteiger partial charge is 0.335 e. The third-order valence-electron chi connectivity index (χ3n) is 5.82. The second kappa shape index (κ2) is 8.70. The van der Waals surface area contributed by atoms with Crippen LogP contribution in [0.5, 0.6) is 0 Å². The van der Waals surface area contributed by atoms with Gasteiger partial charge in [-0.1, -0.05) is 49.6 Å². The van der Waals surface area contributed by atoms with Crippen LogP contribution in [-0.4, -0.2) is 53.6 Å². The summed E-state index contributed by atoms with van der Waals surface area (Å²) in [5.74, 6) is 0.